The quantitative estimate of drug-likeness (QED) is 0.636. The lowest BCUT2D eigenvalue weighted by atomic mass is 9.96. The zero-order valence-corrected chi connectivity index (χ0v) is 14.6. The first kappa shape index (κ1) is 19.8. The number of nitrogens with two attached hydrogens (primary N) is 1. The number of nitro groups is 1. The molecule has 2 N–H and O–H groups in total. The van der Waals surface area contributed by atoms with Crippen molar-refractivity contribution in [3.63, 3.8) is 0 Å². The molecule has 0 saturated carbocycles. The summed E-state index contributed by atoms with van der Waals surface area (Å²) in [6, 6.07) is 4.32. The Kier molecular flexibility index (Phi) is 6.94. The minimum absolute atomic E-state index is 0. The van der Waals surface area contributed by atoms with Gasteiger partial charge in [-0.25, -0.2) is 8.42 Å². The predicted molar refractivity (Wildman–Crippen MR) is 90.2 cm³/mol. The van der Waals surface area contributed by atoms with Crippen LogP contribution in [-0.4, -0.2) is 37.3 Å². The van der Waals surface area contributed by atoms with Crippen LogP contribution in [0.2, 0.25) is 0 Å². The highest BCUT2D eigenvalue weighted by Gasteiger charge is 2.35. The van der Waals surface area contributed by atoms with E-state index in [9.17, 15) is 18.5 Å². The molecule has 1 aliphatic heterocycles. The molecule has 0 aromatic heterocycles. The van der Waals surface area contributed by atoms with E-state index < -0.39 is 14.9 Å². The molecule has 1 unspecified atom stereocenters. The predicted octanol–water partition coefficient (Wildman–Crippen LogP) is 2.07. The van der Waals surface area contributed by atoms with Crippen molar-refractivity contribution in [3.05, 3.63) is 33.9 Å². The summed E-state index contributed by atoms with van der Waals surface area (Å²) in [5.74, 6) is 0.219. The summed E-state index contributed by atoms with van der Waals surface area (Å²) >= 11 is 0. The van der Waals surface area contributed by atoms with Crippen molar-refractivity contribution in [2.24, 2.45) is 11.7 Å². The summed E-state index contributed by atoms with van der Waals surface area (Å²) in [7, 11) is -3.87. The lowest BCUT2D eigenvalue weighted by molar-refractivity contribution is -0.387. The molecule has 1 saturated heterocycles. The van der Waals surface area contributed by atoms with E-state index in [1.807, 2.05) is 0 Å². The maximum Gasteiger partial charge on any atom is 0.289 e. The molecule has 0 spiro atoms. The Hall–Kier alpha value is -1.22. The van der Waals surface area contributed by atoms with Gasteiger partial charge in [-0.2, -0.15) is 4.31 Å². The molecule has 0 aliphatic carbocycles. The van der Waals surface area contributed by atoms with E-state index in [4.69, 9.17) is 5.73 Å². The van der Waals surface area contributed by atoms with Crippen LogP contribution in [0, 0.1) is 23.0 Å². The number of sulfonamides is 1. The molecule has 2 rings (SSSR count). The van der Waals surface area contributed by atoms with Gasteiger partial charge in [-0.1, -0.05) is 12.1 Å². The van der Waals surface area contributed by atoms with Crippen molar-refractivity contribution in [2.45, 2.75) is 31.1 Å². The van der Waals surface area contributed by atoms with Crippen molar-refractivity contribution in [3.8, 4) is 0 Å². The van der Waals surface area contributed by atoms with Crippen LogP contribution < -0.4 is 5.73 Å². The molecule has 1 aliphatic rings. The number of nitrogens with zero attached hydrogens (tertiary/aromatic N) is 2. The zero-order chi connectivity index (χ0) is 16.3. The lowest BCUT2D eigenvalue weighted by Crippen LogP contribution is -2.40. The van der Waals surface area contributed by atoms with Crippen LogP contribution in [0.25, 0.3) is 0 Å². The fraction of sp³-hybridized carbons (Fsp3) is 0.571. The van der Waals surface area contributed by atoms with E-state index in [0.29, 0.717) is 25.2 Å². The third-order valence-corrected chi connectivity index (χ3v) is 6.10. The van der Waals surface area contributed by atoms with E-state index >= 15 is 0 Å². The first-order valence-corrected chi connectivity index (χ1v) is 8.76. The second-order valence-electron chi connectivity index (χ2n) is 5.63. The van der Waals surface area contributed by atoms with Gasteiger partial charge in [0.15, 0.2) is 4.90 Å². The topological polar surface area (TPSA) is 107 Å². The van der Waals surface area contributed by atoms with Crippen molar-refractivity contribution < 1.29 is 13.3 Å². The normalized spacial score (nSPS) is 19.1. The number of benzene rings is 1. The van der Waals surface area contributed by atoms with E-state index in [2.05, 4.69) is 0 Å². The smallest absolute Gasteiger partial charge is 0.289 e. The Balaban J connectivity index is 0.00000264. The lowest BCUT2D eigenvalue weighted by Gasteiger charge is -2.32. The highest BCUT2D eigenvalue weighted by molar-refractivity contribution is 7.89. The Labute approximate surface area is 142 Å². The van der Waals surface area contributed by atoms with Gasteiger partial charge >= 0.3 is 0 Å². The van der Waals surface area contributed by atoms with E-state index in [0.717, 1.165) is 19.3 Å². The Morgan fingerprint density at radius 2 is 2.13 bits per heavy atom. The van der Waals surface area contributed by atoms with Crippen LogP contribution in [0.15, 0.2) is 23.1 Å². The summed E-state index contributed by atoms with van der Waals surface area (Å²) < 4.78 is 27.1. The molecule has 1 fully saturated rings. The standard InChI is InChI=1S/C14H21N3O4S.ClH/c1-11-4-2-6-13(17(18)19)14(11)22(20,21)16-9-3-5-12(10-16)7-8-15;/h2,4,6,12H,3,5,7-10,15H2,1H3;1H. The zero-order valence-electron chi connectivity index (χ0n) is 13.0. The number of hydrogen-bond donors (Lipinski definition) is 1. The van der Waals surface area contributed by atoms with Gasteiger partial charge in [0.05, 0.1) is 4.92 Å². The highest BCUT2D eigenvalue weighted by atomic mass is 35.5. The molecule has 1 atom stereocenters. The molecule has 0 amide bonds. The van der Waals surface area contributed by atoms with E-state index in [1.54, 1.807) is 13.0 Å². The molecule has 130 valence electrons. The number of rotatable bonds is 5. The molecular formula is C14H22ClN3O4S. The van der Waals surface area contributed by atoms with Gasteiger partial charge in [0.2, 0.25) is 10.0 Å². The third-order valence-electron chi connectivity index (χ3n) is 4.04. The molecule has 1 aromatic carbocycles. The summed E-state index contributed by atoms with van der Waals surface area (Å²) in [6.07, 6.45) is 2.46. The maximum atomic E-state index is 12.9. The first-order chi connectivity index (χ1) is 10.4. The first-order valence-electron chi connectivity index (χ1n) is 7.32. The largest absolute Gasteiger partial charge is 0.330 e. The molecule has 0 bridgehead atoms. The average molecular weight is 364 g/mol. The second-order valence-corrected chi connectivity index (χ2v) is 7.50. The molecular weight excluding hydrogens is 342 g/mol. The maximum absolute atomic E-state index is 12.9. The van der Waals surface area contributed by atoms with Crippen molar-refractivity contribution in [1.82, 2.24) is 4.31 Å². The van der Waals surface area contributed by atoms with Gasteiger partial charge < -0.3 is 5.73 Å². The fourth-order valence-electron chi connectivity index (χ4n) is 2.96. The second kappa shape index (κ2) is 8.05. The minimum atomic E-state index is -3.87. The van der Waals surface area contributed by atoms with Crippen LogP contribution >= 0.6 is 12.4 Å². The molecule has 9 heteroatoms. The average Bonchev–Trinajstić information content (AvgIpc) is 2.47. The molecule has 1 aromatic rings. The number of aryl methyl sites for hydroxylation is 1. The monoisotopic (exact) mass is 363 g/mol. The van der Waals surface area contributed by atoms with Gasteiger partial charge in [-0.05, 0) is 44.2 Å². The molecule has 23 heavy (non-hydrogen) atoms. The van der Waals surface area contributed by atoms with Gasteiger partial charge in [-0.3, -0.25) is 10.1 Å². The summed E-state index contributed by atoms with van der Waals surface area (Å²) in [5.41, 5.74) is 5.59. The van der Waals surface area contributed by atoms with Crippen LogP contribution in [0.5, 0.6) is 0 Å². The van der Waals surface area contributed by atoms with Gasteiger partial charge in [0.25, 0.3) is 5.69 Å². The minimum Gasteiger partial charge on any atom is -0.330 e. The summed E-state index contributed by atoms with van der Waals surface area (Å²) in [4.78, 5) is 10.4. The Morgan fingerprint density at radius 3 is 2.74 bits per heavy atom. The van der Waals surface area contributed by atoms with Gasteiger partial charge in [-0.15, -0.1) is 12.4 Å². The van der Waals surface area contributed by atoms with Crippen LogP contribution in [-0.2, 0) is 10.0 Å². The Morgan fingerprint density at radius 1 is 1.43 bits per heavy atom. The van der Waals surface area contributed by atoms with Crippen LogP contribution in [0.1, 0.15) is 24.8 Å². The van der Waals surface area contributed by atoms with Crippen molar-refractivity contribution >= 4 is 28.1 Å². The molecule has 7 nitrogen and oxygen atoms in total. The van der Waals surface area contributed by atoms with Crippen molar-refractivity contribution in [2.75, 3.05) is 19.6 Å². The number of nitro benzene ring substituents is 1. The van der Waals surface area contributed by atoms with Gasteiger partial charge in [0.1, 0.15) is 0 Å². The van der Waals surface area contributed by atoms with Crippen LogP contribution in [0.3, 0.4) is 0 Å². The third kappa shape index (κ3) is 4.20. The van der Waals surface area contributed by atoms with E-state index in [1.165, 1.54) is 16.4 Å². The molecule has 1 heterocycles. The summed E-state index contributed by atoms with van der Waals surface area (Å²) in [5, 5.41) is 11.2. The van der Waals surface area contributed by atoms with Crippen LogP contribution in [0.4, 0.5) is 5.69 Å². The molecule has 0 radical (unpaired) electrons. The fourth-order valence-corrected chi connectivity index (χ4v) is 4.88. The number of hydrogen-bond acceptors (Lipinski definition) is 5. The highest BCUT2D eigenvalue weighted by Crippen LogP contribution is 2.32. The van der Waals surface area contributed by atoms with E-state index in [-0.39, 0.29) is 28.9 Å². The van der Waals surface area contributed by atoms with Gasteiger partial charge in [0, 0.05) is 19.2 Å². The summed E-state index contributed by atoms with van der Waals surface area (Å²) in [6.45, 7) is 2.88. The Bertz CT molecular complexity index is 664. The SMILES string of the molecule is Cc1cccc([N+](=O)[O-])c1S(=O)(=O)N1CCCC(CCN)C1.Cl. The number of piperidine rings is 1. The number of halogens is 1. The van der Waals surface area contributed by atoms with Crippen molar-refractivity contribution in [1.29, 1.82) is 0 Å².